The van der Waals surface area contributed by atoms with Crippen LogP contribution >= 0.6 is 0 Å². The van der Waals surface area contributed by atoms with Crippen LogP contribution in [0.4, 0.5) is 11.5 Å². The molecule has 9 heteroatoms. The van der Waals surface area contributed by atoms with Crippen LogP contribution in [0.1, 0.15) is 38.3 Å². The van der Waals surface area contributed by atoms with E-state index in [1.807, 2.05) is 26.0 Å². The molecule has 9 nitrogen and oxygen atoms in total. The highest BCUT2D eigenvalue weighted by Crippen LogP contribution is 2.19. The van der Waals surface area contributed by atoms with Gasteiger partial charge in [-0.15, -0.1) is 0 Å². The fraction of sp³-hybridized carbons (Fsp3) is 0.192. The molecule has 0 aliphatic rings. The topological polar surface area (TPSA) is 126 Å². The second-order valence-electron chi connectivity index (χ2n) is 7.67. The molecule has 2 N–H and O–H groups in total. The lowest BCUT2D eigenvalue weighted by Crippen LogP contribution is -2.20. The van der Waals surface area contributed by atoms with Crippen molar-refractivity contribution in [3.63, 3.8) is 0 Å². The number of methoxy groups -OCH3 is 1. The molecule has 178 valence electrons. The van der Waals surface area contributed by atoms with Gasteiger partial charge in [0.05, 0.1) is 18.4 Å². The van der Waals surface area contributed by atoms with E-state index in [-0.39, 0.29) is 6.61 Å². The summed E-state index contributed by atoms with van der Waals surface area (Å²) in [7, 11) is 1.56. The average molecular weight is 472 g/mol. The average Bonchev–Trinajstić information content (AvgIpc) is 2.84. The minimum atomic E-state index is -0.612. The number of hydrogen-bond donors (Lipinski definition) is 2. The summed E-state index contributed by atoms with van der Waals surface area (Å²) in [6.07, 6.45) is 1.53. The van der Waals surface area contributed by atoms with Crippen molar-refractivity contribution in [1.29, 1.82) is 5.26 Å². The first-order valence-corrected chi connectivity index (χ1v) is 10.7. The Kier molecular flexibility index (Phi) is 8.65. The summed E-state index contributed by atoms with van der Waals surface area (Å²) < 4.78 is 10.2. The first-order chi connectivity index (χ1) is 16.9. The van der Waals surface area contributed by atoms with Crippen LogP contribution in [-0.4, -0.2) is 36.8 Å². The van der Waals surface area contributed by atoms with E-state index in [4.69, 9.17) is 9.47 Å². The number of ether oxygens (including phenoxy) is 2. The van der Waals surface area contributed by atoms with E-state index < -0.39 is 18.5 Å². The molecule has 0 radical (unpaired) electrons. The number of nitrogens with zero attached hydrogens (tertiary/aromatic N) is 3. The van der Waals surface area contributed by atoms with Crippen molar-refractivity contribution in [2.45, 2.75) is 20.5 Å². The number of carbonyl (C=O) groups is 2. The second-order valence-corrected chi connectivity index (χ2v) is 7.67. The number of carbonyl (C=O) groups excluding carboxylic acids is 2. The van der Waals surface area contributed by atoms with E-state index in [1.54, 1.807) is 49.6 Å². The number of aromatic nitrogens is 1. The zero-order valence-corrected chi connectivity index (χ0v) is 19.7. The van der Waals surface area contributed by atoms with E-state index in [0.29, 0.717) is 28.2 Å². The number of hydrogen-bond acceptors (Lipinski definition) is 8. The summed E-state index contributed by atoms with van der Waals surface area (Å²) in [6.45, 7) is 3.66. The molecule has 0 fully saturated rings. The van der Waals surface area contributed by atoms with Gasteiger partial charge in [-0.05, 0) is 49.7 Å². The SMILES string of the molecule is COCc1cc(C)nc(N/N=C/c2ccc(C(=O)OCC(=O)Nc3ccc(C)cc3)cc2)c1C#N. The van der Waals surface area contributed by atoms with Crippen LogP contribution in [0, 0.1) is 25.2 Å². The highest BCUT2D eigenvalue weighted by Gasteiger charge is 2.12. The summed E-state index contributed by atoms with van der Waals surface area (Å²) in [6, 6.07) is 17.7. The van der Waals surface area contributed by atoms with Crippen molar-refractivity contribution < 1.29 is 19.1 Å². The summed E-state index contributed by atoms with van der Waals surface area (Å²) >= 11 is 0. The third kappa shape index (κ3) is 7.22. The molecule has 0 spiro atoms. The van der Waals surface area contributed by atoms with E-state index in [0.717, 1.165) is 16.8 Å². The first kappa shape index (κ1) is 25.1. The lowest BCUT2D eigenvalue weighted by molar-refractivity contribution is -0.119. The van der Waals surface area contributed by atoms with Gasteiger partial charge in [-0.1, -0.05) is 29.8 Å². The highest BCUT2D eigenvalue weighted by atomic mass is 16.5. The van der Waals surface area contributed by atoms with Gasteiger partial charge in [0.1, 0.15) is 11.6 Å². The number of nitriles is 1. The zero-order chi connectivity index (χ0) is 25.2. The number of benzene rings is 2. The normalized spacial score (nSPS) is 10.6. The Hall–Kier alpha value is -4.55. The van der Waals surface area contributed by atoms with E-state index in [1.165, 1.54) is 6.21 Å². The molecule has 2 aromatic carbocycles. The molecule has 0 aliphatic heterocycles. The van der Waals surface area contributed by atoms with Crippen molar-refractivity contribution in [2.75, 3.05) is 24.5 Å². The van der Waals surface area contributed by atoms with Crippen LogP contribution < -0.4 is 10.7 Å². The number of amides is 1. The Morgan fingerprint density at radius 2 is 1.83 bits per heavy atom. The molecule has 3 aromatic rings. The van der Waals surface area contributed by atoms with Crippen LogP contribution in [-0.2, 0) is 20.9 Å². The molecular weight excluding hydrogens is 446 g/mol. The number of nitrogens with one attached hydrogen (secondary N) is 2. The van der Waals surface area contributed by atoms with Crippen LogP contribution in [0.15, 0.2) is 59.7 Å². The molecule has 3 rings (SSSR count). The third-order valence-corrected chi connectivity index (χ3v) is 4.84. The Morgan fingerprint density at radius 1 is 1.11 bits per heavy atom. The number of hydrazone groups is 1. The Balaban J connectivity index is 1.55. The third-order valence-electron chi connectivity index (χ3n) is 4.84. The molecule has 0 saturated carbocycles. The van der Waals surface area contributed by atoms with Gasteiger partial charge in [0.15, 0.2) is 12.4 Å². The van der Waals surface area contributed by atoms with Crippen molar-refractivity contribution in [3.05, 3.63) is 88.1 Å². The van der Waals surface area contributed by atoms with Crippen LogP contribution in [0.3, 0.4) is 0 Å². The van der Waals surface area contributed by atoms with Crippen LogP contribution in [0.25, 0.3) is 0 Å². The molecule has 0 bridgehead atoms. The lowest BCUT2D eigenvalue weighted by atomic mass is 10.1. The number of anilines is 2. The van der Waals surface area contributed by atoms with Gasteiger partial charge in [-0.3, -0.25) is 10.2 Å². The lowest BCUT2D eigenvalue weighted by Gasteiger charge is -2.09. The van der Waals surface area contributed by atoms with Gasteiger partial charge in [0, 0.05) is 24.1 Å². The summed E-state index contributed by atoms with van der Waals surface area (Å²) in [5.74, 6) is -0.703. The molecule has 1 aromatic heterocycles. The standard InChI is InChI=1S/C26H25N5O4/c1-17-4-10-22(11-5-17)30-24(32)16-35-26(33)20-8-6-19(7-9-20)14-28-31-25-23(13-27)21(15-34-3)12-18(2)29-25/h4-12,14H,15-16H2,1-3H3,(H,29,31)(H,30,32)/b28-14+. The maximum Gasteiger partial charge on any atom is 0.338 e. The smallest absolute Gasteiger partial charge is 0.338 e. The van der Waals surface area contributed by atoms with Crippen molar-refractivity contribution in [3.8, 4) is 6.07 Å². The minimum absolute atomic E-state index is 0.288. The quantitative estimate of drug-likeness (QED) is 0.275. The van der Waals surface area contributed by atoms with Gasteiger partial charge in [0.2, 0.25) is 0 Å². The Labute approximate surface area is 203 Å². The molecule has 35 heavy (non-hydrogen) atoms. The molecule has 0 saturated heterocycles. The van der Waals surface area contributed by atoms with E-state index >= 15 is 0 Å². The fourth-order valence-corrected chi connectivity index (χ4v) is 3.14. The van der Waals surface area contributed by atoms with Gasteiger partial charge < -0.3 is 14.8 Å². The van der Waals surface area contributed by atoms with E-state index in [2.05, 4.69) is 26.9 Å². The number of pyridine rings is 1. The predicted molar refractivity (Wildman–Crippen MR) is 132 cm³/mol. The first-order valence-electron chi connectivity index (χ1n) is 10.7. The highest BCUT2D eigenvalue weighted by molar-refractivity contribution is 5.95. The monoisotopic (exact) mass is 471 g/mol. The molecule has 0 aliphatic carbocycles. The maximum absolute atomic E-state index is 12.2. The minimum Gasteiger partial charge on any atom is -0.452 e. The molecule has 0 unspecified atom stereocenters. The fourth-order valence-electron chi connectivity index (χ4n) is 3.14. The summed E-state index contributed by atoms with van der Waals surface area (Å²) in [4.78, 5) is 28.6. The van der Waals surface area contributed by atoms with Crippen LogP contribution in [0.2, 0.25) is 0 Å². The van der Waals surface area contributed by atoms with Crippen molar-refractivity contribution >= 4 is 29.6 Å². The second kappa shape index (κ2) is 12.1. The largest absolute Gasteiger partial charge is 0.452 e. The molecular formula is C26H25N5O4. The molecule has 0 atom stereocenters. The van der Waals surface area contributed by atoms with Crippen molar-refractivity contribution in [1.82, 2.24) is 4.98 Å². The van der Waals surface area contributed by atoms with Crippen LogP contribution in [0.5, 0.6) is 0 Å². The Morgan fingerprint density at radius 3 is 2.49 bits per heavy atom. The van der Waals surface area contributed by atoms with Crippen molar-refractivity contribution in [2.24, 2.45) is 5.10 Å². The molecule has 1 heterocycles. The Bertz CT molecular complexity index is 1260. The molecule has 1 amide bonds. The predicted octanol–water partition coefficient (Wildman–Crippen LogP) is 3.96. The zero-order valence-electron chi connectivity index (χ0n) is 19.7. The van der Waals surface area contributed by atoms with Gasteiger partial charge in [0.25, 0.3) is 5.91 Å². The van der Waals surface area contributed by atoms with Gasteiger partial charge >= 0.3 is 5.97 Å². The summed E-state index contributed by atoms with van der Waals surface area (Å²) in [5.41, 5.74) is 7.31. The maximum atomic E-state index is 12.2. The van der Waals surface area contributed by atoms with E-state index in [9.17, 15) is 14.9 Å². The van der Waals surface area contributed by atoms with Gasteiger partial charge in [-0.25, -0.2) is 9.78 Å². The number of esters is 1. The summed E-state index contributed by atoms with van der Waals surface area (Å²) in [5, 5.41) is 16.3. The number of rotatable bonds is 9. The van der Waals surface area contributed by atoms with Gasteiger partial charge in [-0.2, -0.15) is 10.4 Å². The number of aryl methyl sites for hydroxylation is 2.